The highest BCUT2D eigenvalue weighted by Gasteiger charge is 2.03. The van der Waals surface area contributed by atoms with E-state index in [0.717, 1.165) is 6.54 Å². The second kappa shape index (κ2) is 4.13. The number of nitrogens with two attached hydrogens (primary N) is 2. The summed E-state index contributed by atoms with van der Waals surface area (Å²) in [6.07, 6.45) is 0. The maximum absolute atomic E-state index is 5.53. The van der Waals surface area contributed by atoms with E-state index in [0.29, 0.717) is 5.96 Å². The summed E-state index contributed by atoms with van der Waals surface area (Å²) in [5, 5.41) is 3.42. The van der Waals surface area contributed by atoms with E-state index in [9.17, 15) is 0 Å². The Bertz CT molecular complexity index is 305. The second-order valence-corrected chi connectivity index (χ2v) is 4.23. The van der Waals surface area contributed by atoms with E-state index in [2.05, 4.69) is 24.2 Å². The first-order valence-electron chi connectivity index (χ1n) is 3.93. The highest BCUT2D eigenvalue weighted by atomic mass is 32.1. The van der Waals surface area contributed by atoms with Gasteiger partial charge in [-0.2, -0.15) is 0 Å². The molecule has 0 aliphatic heterocycles. The van der Waals surface area contributed by atoms with Crippen LogP contribution >= 0.6 is 11.3 Å². The molecule has 0 aliphatic rings. The molecule has 0 amide bonds. The Balaban J connectivity index is 2.59. The van der Waals surface area contributed by atoms with E-state index in [1.807, 2.05) is 11.9 Å². The topological polar surface area (TPSA) is 67.6 Å². The Hall–Kier alpha value is -1.23. The molecule has 0 bridgehead atoms. The number of hydrazone groups is 1. The van der Waals surface area contributed by atoms with Crippen LogP contribution in [0.25, 0.3) is 0 Å². The average molecular weight is 198 g/mol. The lowest BCUT2D eigenvalue weighted by Crippen LogP contribution is -2.34. The van der Waals surface area contributed by atoms with Gasteiger partial charge in [-0.25, -0.2) is 0 Å². The van der Waals surface area contributed by atoms with Gasteiger partial charge in [0.05, 0.1) is 6.54 Å². The molecule has 0 fully saturated rings. The van der Waals surface area contributed by atoms with Gasteiger partial charge in [-0.05, 0) is 19.1 Å². The summed E-state index contributed by atoms with van der Waals surface area (Å²) in [5.74, 6) is 5.41. The lowest BCUT2D eigenvalue weighted by molar-refractivity contribution is 0.497. The van der Waals surface area contributed by atoms with E-state index >= 15 is 0 Å². The van der Waals surface area contributed by atoms with Crippen molar-refractivity contribution in [3.8, 4) is 0 Å². The zero-order valence-electron chi connectivity index (χ0n) is 7.82. The van der Waals surface area contributed by atoms with Crippen molar-refractivity contribution in [2.45, 2.75) is 13.5 Å². The van der Waals surface area contributed by atoms with Gasteiger partial charge in [-0.15, -0.1) is 16.4 Å². The van der Waals surface area contributed by atoms with Crippen LogP contribution in [0.2, 0.25) is 0 Å². The normalized spacial score (nSPS) is 11.7. The van der Waals surface area contributed by atoms with Gasteiger partial charge in [-0.1, -0.05) is 0 Å². The molecule has 1 aromatic heterocycles. The predicted octanol–water partition coefficient (Wildman–Crippen LogP) is 0.677. The molecule has 0 atom stereocenters. The summed E-state index contributed by atoms with van der Waals surface area (Å²) in [4.78, 5) is 4.36. The molecule has 4 nitrogen and oxygen atoms in total. The van der Waals surface area contributed by atoms with E-state index in [1.54, 1.807) is 11.3 Å². The van der Waals surface area contributed by atoms with Crippen molar-refractivity contribution in [1.82, 2.24) is 4.90 Å². The van der Waals surface area contributed by atoms with Crippen LogP contribution < -0.4 is 11.6 Å². The first kappa shape index (κ1) is 9.85. The first-order valence-corrected chi connectivity index (χ1v) is 4.75. The molecule has 4 N–H and O–H groups in total. The van der Waals surface area contributed by atoms with E-state index in [-0.39, 0.29) is 0 Å². The van der Waals surface area contributed by atoms with Crippen LogP contribution in [0.15, 0.2) is 17.2 Å². The highest BCUT2D eigenvalue weighted by molar-refractivity contribution is 7.11. The second-order valence-electron chi connectivity index (χ2n) is 2.86. The number of thiophene rings is 1. The minimum Gasteiger partial charge on any atom is -0.368 e. The number of aryl methyl sites for hydroxylation is 1. The van der Waals surface area contributed by atoms with Crippen LogP contribution in [0.3, 0.4) is 0 Å². The van der Waals surface area contributed by atoms with Crippen molar-refractivity contribution in [2.75, 3.05) is 7.05 Å². The quantitative estimate of drug-likeness (QED) is 0.318. The Morgan fingerprint density at radius 2 is 2.31 bits per heavy atom. The Labute approximate surface area is 81.8 Å². The summed E-state index contributed by atoms with van der Waals surface area (Å²) in [6, 6.07) is 4.17. The number of guanidine groups is 1. The fourth-order valence-electron chi connectivity index (χ4n) is 0.983. The Morgan fingerprint density at radius 1 is 1.62 bits per heavy atom. The summed E-state index contributed by atoms with van der Waals surface area (Å²) in [5.41, 5.74) is 5.53. The van der Waals surface area contributed by atoms with Gasteiger partial charge in [-0.3, -0.25) is 0 Å². The van der Waals surface area contributed by atoms with Gasteiger partial charge in [0, 0.05) is 16.8 Å². The third-order valence-electron chi connectivity index (χ3n) is 1.71. The highest BCUT2D eigenvalue weighted by Crippen LogP contribution is 2.16. The van der Waals surface area contributed by atoms with Gasteiger partial charge >= 0.3 is 0 Å². The first-order chi connectivity index (χ1) is 6.13. The molecular weight excluding hydrogens is 184 g/mol. The van der Waals surface area contributed by atoms with Gasteiger partial charge < -0.3 is 16.5 Å². The van der Waals surface area contributed by atoms with Gasteiger partial charge in [0.2, 0.25) is 5.96 Å². The van der Waals surface area contributed by atoms with Crippen LogP contribution in [0.5, 0.6) is 0 Å². The standard InChI is InChI=1S/C8H14N4S/c1-6-3-4-7(13-6)5-12(2)8(9)11-10/h3-4H,5,10H2,1-2H3,(H2,9,11). The van der Waals surface area contributed by atoms with E-state index in [4.69, 9.17) is 11.6 Å². The molecule has 0 radical (unpaired) electrons. The molecule has 0 aromatic carbocycles. The Kier molecular flexibility index (Phi) is 3.13. The van der Waals surface area contributed by atoms with E-state index in [1.165, 1.54) is 9.75 Å². The van der Waals surface area contributed by atoms with Crippen molar-refractivity contribution < 1.29 is 0 Å². The maximum Gasteiger partial charge on any atom is 0.213 e. The third kappa shape index (κ3) is 2.62. The summed E-state index contributed by atoms with van der Waals surface area (Å²) >= 11 is 1.75. The van der Waals surface area contributed by atoms with Crippen LogP contribution in [0.1, 0.15) is 9.75 Å². The largest absolute Gasteiger partial charge is 0.368 e. The van der Waals surface area contributed by atoms with Crippen molar-refractivity contribution in [1.29, 1.82) is 0 Å². The van der Waals surface area contributed by atoms with Crippen LogP contribution in [-0.4, -0.2) is 17.9 Å². The summed E-state index contributed by atoms with van der Waals surface area (Å²) in [7, 11) is 1.86. The number of rotatable bonds is 2. The molecule has 1 heterocycles. The molecule has 1 aromatic rings. The zero-order chi connectivity index (χ0) is 9.84. The molecule has 0 saturated carbocycles. The zero-order valence-corrected chi connectivity index (χ0v) is 8.64. The molecular formula is C8H14N4S. The van der Waals surface area contributed by atoms with Crippen molar-refractivity contribution in [3.05, 3.63) is 21.9 Å². The molecule has 13 heavy (non-hydrogen) atoms. The van der Waals surface area contributed by atoms with Crippen molar-refractivity contribution in [2.24, 2.45) is 16.7 Å². The molecule has 0 unspecified atom stereocenters. The molecule has 72 valence electrons. The van der Waals surface area contributed by atoms with Crippen LogP contribution in [-0.2, 0) is 6.54 Å². The maximum atomic E-state index is 5.53. The average Bonchev–Trinajstić information content (AvgIpc) is 2.49. The van der Waals surface area contributed by atoms with Crippen LogP contribution in [0, 0.1) is 6.92 Å². The lowest BCUT2D eigenvalue weighted by atomic mass is 10.4. The van der Waals surface area contributed by atoms with Gasteiger partial charge in [0.15, 0.2) is 0 Å². The summed E-state index contributed by atoms with van der Waals surface area (Å²) in [6.45, 7) is 2.83. The lowest BCUT2D eigenvalue weighted by Gasteiger charge is -2.15. The molecule has 0 aliphatic carbocycles. The fraction of sp³-hybridized carbons (Fsp3) is 0.375. The number of hydrogen-bond donors (Lipinski definition) is 2. The minimum atomic E-state index is 0.353. The third-order valence-corrected chi connectivity index (χ3v) is 2.70. The molecule has 5 heteroatoms. The fourth-order valence-corrected chi connectivity index (χ4v) is 1.93. The summed E-state index contributed by atoms with van der Waals surface area (Å²) < 4.78 is 0. The van der Waals surface area contributed by atoms with Crippen LogP contribution in [0.4, 0.5) is 0 Å². The predicted molar refractivity (Wildman–Crippen MR) is 56.3 cm³/mol. The smallest absolute Gasteiger partial charge is 0.213 e. The molecule has 0 spiro atoms. The van der Waals surface area contributed by atoms with Crippen molar-refractivity contribution >= 4 is 17.3 Å². The Morgan fingerprint density at radius 3 is 2.77 bits per heavy atom. The van der Waals surface area contributed by atoms with Gasteiger partial charge in [0.1, 0.15) is 0 Å². The number of nitrogens with zero attached hydrogens (tertiary/aromatic N) is 2. The SMILES string of the molecule is Cc1ccc(CN(C)/C(N)=N/N)s1. The minimum absolute atomic E-state index is 0.353. The van der Waals surface area contributed by atoms with E-state index < -0.39 is 0 Å². The molecule has 0 saturated heterocycles. The number of hydrogen-bond acceptors (Lipinski definition) is 3. The van der Waals surface area contributed by atoms with Gasteiger partial charge in [0.25, 0.3) is 0 Å². The monoisotopic (exact) mass is 198 g/mol. The van der Waals surface area contributed by atoms with Crippen molar-refractivity contribution in [3.63, 3.8) is 0 Å². The molecule has 1 rings (SSSR count).